The van der Waals surface area contributed by atoms with Gasteiger partial charge in [-0.05, 0) is 24.3 Å². The van der Waals surface area contributed by atoms with Gasteiger partial charge in [-0.25, -0.2) is 14.8 Å². The van der Waals surface area contributed by atoms with Crippen LogP contribution in [0, 0.1) is 0 Å². The van der Waals surface area contributed by atoms with Crippen molar-refractivity contribution in [2.75, 3.05) is 58.2 Å². The predicted molar refractivity (Wildman–Crippen MR) is 159 cm³/mol. The lowest BCUT2D eigenvalue weighted by atomic mass is 10.2. The number of aromatic nitrogens is 6. The van der Waals surface area contributed by atoms with E-state index in [2.05, 4.69) is 73.3 Å². The van der Waals surface area contributed by atoms with E-state index in [-0.39, 0.29) is 62.0 Å². The Balaban J connectivity index is 1.82. The SMILES string of the molecule is C=C(OO)C(Nc1nc(NCCO)nc(Nc2ccc(Nc3nc(NCCO)nc(NC(CC(=O)O)C(=O)O)n3)cc2)n1)C(=O)O. The van der Waals surface area contributed by atoms with Crippen LogP contribution in [0.1, 0.15) is 6.42 Å². The maximum absolute atomic E-state index is 11.6. The van der Waals surface area contributed by atoms with Crippen LogP contribution >= 0.6 is 0 Å². The molecule has 22 nitrogen and oxygen atoms in total. The number of hydrogen-bond acceptors (Lipinski definition) is 19. The molecule has 0 amide bonds. The number of hydrogen-bond donors (Lipinski definition) is 12. The zero-order valence-electron chi connectivity index (χ0n) is 23.7. The summed E-state index contributed by atoms with van der Waals surface area (Å²) >= 11 is 0. The first-order valence-electron chi connectivity index (χ1n) is 13.1. The van der Waals surface area contributed by atoms with E-state index in [1.165, 1.54) is 0 Å². The fourth-order valence-corrected chi connectivity index (χ4v) is 3.37. The number of nitrogens with zero attached hydrogens (tertiary/aromatic N) is 6. The van der Waals surface area contributed by atoms with Crippen molar-refractivity contribution in [3.05, 3.63) is 36.6 Å². The molecular weight excluding hydrogens is 616 g/mol. The molecule has 0 fully saturated rings. The van der Waals surface area contributed by atoms with Crippen molar-refractivity contribution in [3.8, 4) is 0 Å². The topological polar surface area (TPSA) is 331 Å². The van der Waals surface area contributed by atoms with Gasteiger partial charge in [0, 0.05) is 24.5 Å². The van der Waals surface area contributed by atoms with Crippen molar-refractivity contribution in [1.29, 1.82) is 0 Å². The van der Waals surface area contributed by atoms with E-state index in [0.29, 0.717) is 11.4 Å². The Hall–Kier alpha value is -6.13. The quantitative estimate of drug-likeness (QED) is 0.0420. The molecule has 0 aliphatic rings. The molecule has 2 unspecified atom stereocenters. The third kappa shape index (κ3) is 10.5. The number of carboxylic acids is 3. The highest BCUT2D eigenvalue weighted by molar-refractivity contribution is 5.83. The van der Waals surface area contributed by atoms with E-state index in [0.717, 1.165) is 0 Å². The number of aliphatic carboxylic acids is 3. The first-order chi connectivity index (χ1) is 22.0. The number of anilines is 8. The second-order valence-corrected chi connectivity index (χ2v) is 8.85. The smallest absolute Gasteiger partial charge is 0.334 e. The van der Waals surface area contributed by atoms with Crippen LogP contribution in [0.4, 0.5) is 47.1 Å². The number of aliphatic hydroxyl groups is 2. The average molecular weight is 647 g/mol. The molecule has 246 valence electrons. The van der Waals surface area contributed by atoms with E-state index < -0.39 is 42.2 Å². The minimum absolute atomic E-state index is 0.0228. The normalized spacial score (nSPS) is 11.8. The third-order valence-corrected chi connectivity index (χ3v) is 5.40. The van der Waals surface area contributed by atoms with Crippen LogP contribution in [0.3, 0.4) is 0 Å². The van der Waals surface area contributed by atoms with E-state index >= 15 is 0 Å². The van der Waals surface area contributed by atoms with Crippen molar-refractivity contribution in [3.63, 3.8) is 0 Å². The molecule has 0 radical (unpaired) electrons. The van der Waals surface area contributed by atoms with Crippen molar-refractivity contribution in [1.82, 2.24) is 29.9 Å². The first-order valence-corrected chi connectivity index (χ1v) is 13.1. The minimum Gasteiger partial charge on any atom is -0.481 e. The minimum atomic E-state index is -1.62. The van der Waals surface area contributed by atoms with Gasteiger partial charge >= 0.3 is 17.9 Å². The fourth-order valence-electron chi connectivity index (χ4n) is 3.37. The molecule has 2 aromatic heterocycles. The molecule has 22 heteroatoms. The van der Waals surface area contributed by atoms with Crippen molar-refractivity contribution >= 4 is 65.0 Å². The lowest BCUT2D eigenvalue weighted by Gasteiger charge is -2.16. The van der Waals surface area contributed by atoms with Gasteiger partial charge in [-0.1, -0.05) is 6.58 Å². The van der Waals surface area contributed by atoms with Gasteiger partial charge in [0.2, 0.25) is 35.7 Å². The van der Waals surface area contributed by atoms with Crippen LogP contribution in [-0.4, -0.2) is 117 Å². The van der Waals surface area contributed by atoms with Gasteiger partial charge < -0.3 is 62.3 Å². The summed E-state index contributed by atoms with van der Waals surface area (Å²) in [5.41, 5.74) is 0.904. The van der Waals surface area contributed by atoms with Crippen molar-refractivity contribution < 1.29 is 50.1 Å². The maximum atomic E-state index is 11.6. The van der Waals surface area contributed by atoms with Gasteiger partial charge in [-0.15, -0.1) is 0 Å². The monoisotopic (exact) mass is 646 g/mol. The number of aliphatic hydroxyl groups excluding tert-OH is 2. The van der Waals surface area contributed by atoms with Gasteiger partial charge in [-0.2, -0.15) is 29.9 Å². The maximum Gasteiger partial charge on any atom is 0.334 e. The first kappa shape index (κ1) is 34.4. The molecule has 3 rings (SSSR count). The molecule has 12 N–H and O–H groups in total. The predicted octanol–water partition coefficient (Wildman–Crippen LogP) is -0.440. The number of carboxylic acid groups (broad SMARTS) is 3. The van der Waals surface area contributed by atoms with Gasteiger partial charge in [0.1, 0.15) is 6.04 Å². The summed E-state index contributed by atoms with van der Waals surface area (Å²) in [6.45, 7) is 2.94. The highest BCUT2D eigenvalue weighted by Gasteiger charge is 2.25. The van der Waals surface area contributed by atoms with E-state index in [9.17, 15) is 24.6 Å². The molecule has 46 heavy (non-hydrogen) atoms. The Morgan fingerprint density at radius 1 is 0.696 bits per heavy atom. The number of rotatable bonds is 20. The largest absolute Gasteiger partial charge is 0.481 e. The molecule has 2 atom stereocenters. The lowest BCUT2D eigenvalue weighted by molar-refractivity contribution is -0.207. The fraction of sp³-hybridized carbons (Fsp3) is 0.292. The second kappa shape index (κ2) is 16.6. The van der Waals surface area contributed by atoms with Crippen LogP contribution in [0.2, 0.25) is 0 Å². The lowest BCUT2D eigenvalue weighted by Crippen LogP contribution is -2.32. The summed E-state index contributed by atoms with van der Waals surface area (Å²) in [6.07, 6.45) is -0.748. The Labute approximate surface area is 258 Å². The molecule has 2 heterocycles. The summed E-state index contributed by atoms with van der Waals surface area (Å²) in [4.78, 5) is 62.7. The Morgan fingerprint density at radius 3 is 1.52 bits per heavy atom. The Morgan fingerprint density at radius 2 is 1.13 bits per heavy atom. The Kier molecular flexibility index (Phi) is 12.4. The zero-order valence-corrected chi connectivity index (χ0v) is 23.7. The van der Waals surface area contributed by atoms with Gasteiger partial charge in [0.05, 0.1) is 19.6 Å². The van der Waals surface area contributed by atoms with E-state index in [1.54, 1.807) is 24.3 Å². The standard InChI is InChI=1S/C24H30N12O10/c1-11(46-45)16(18(43)44)30-24-34-20(26-7-9-38)32-22(36-24)28-13-4-2-12(3-5-13)27-21-31-19(25-6-8-37)33-23(35-21)29-14(17(41)42)10-15(39)40/h2-5,14,16,37-38,45H,1,6-10H2,(H,39,40)(H,41,42)(H,43,44)(H3,25,27,29,31,33,35)(H3,26,28,30,32,34,36). The molecule has 1 aromatic carbocycles. The van der Waals surface area contributed by atoms with Crippen LogP contribution in [-0.2, 0) is 19.3 Å². The van der Waals surface area contributed by atoms with Gasteiger partial charge in [0.15, 0.2) is 11.8 Å². The number of nitrogens with one attached hydrogen (secondary N) is 6. The number of carbonyl (C=O) groups is 3. The summed E-state index contributed by atoms with van der Waals surface area (Å²) in [5.74, 6) is -5.39. The van der Waals surface area contributed by atoms with Gasteiger partial charge in [0.25, 0.3) is 0 Å². The van der Waals surface area contributed by atoms with Crippen LogP contribution in [0.25, 0.3) is 0 Å². The van der Waals surface area contributed by atoms with E-state index in [4.69, 9.17) is 20.6 Å². The molecule has 0 saturated heterocycles. The third-order valence-electron chi connectivity index (χ3n) is 5.40. The van der Waals surface area contributed by atoms with Crippen LogP contribution < -0.4 is 31.9 Å². The van der Waals surface area contributed by atoms with Crippen LogP contribution in [0.15, 0.2) is 36.6 Å². The van der Waals surface area contributed by atoms with Gasteiger partial charge in [-0.3, -0.25) is 4.79 Å². The summed E-state index contributed by atoms with van der Waals surface area (Å²) in [5, 5.41) is 71.1. The van der Waals surface area contributed by atoms with Crippen molar-refractivity contribution in [2.24, 2.45) is 0 Å². The Bertz CT molecular complexity index is 1530. The molecule has 0 spiro atoms. The second-order valence-electron chi connectivity index (χ2n) is 8.85. The zero-order chi connectivity index (χ0) is 33.6. The molecular formula is C24H30N12O10. The molecule has 0 saturated carbocycles. The highest BCUT2D eigenvalue weighted by Crippen LogP contribution is 2.22. The summed E-state index contributed by atoms with van der Waals surface area (Å²) in [7, 11) is 0. The average Bonchev–Trinajstić information content (AvgIpc) is 3.01. The van der Waals surface area contributed by atoms with E-state index in [1.807, 2.05) is 0 Å². The molecule has 3 aromatic rings. The molecule has 0 aliphatic carbocycles. The molecule has 0 aliphatic heterocycles. The van der Waals surface area contributed by atoms with Crippen LogP contribution in [0.5, 0.6) is 0 Å². The highest BCUT2D eigenvalue weighted by atomic mass is 17.1. The summed E-state index contributed by atoms with van der Waals surface area (Å²) in [6, 6.07) is 3.23. The number of benzene rings is 1. The molecule has 0 bridgehead atoms. The summed E-state index contributed by atoms with van der Waals surface area (Å²) < 4.78 is 0. The van der Waals surface area contributed by atoms with Crippen molar-refractivity contribution in [2.45, 2.75) is 18.5 Å².